The maximum Gasteiger partial charge on any atom is 0.332 e. The lowest BCUT2D eigenvalue weighted by Gasteiger charge is -2.46. The summed E-state index contributed by atoms with van der Waals surface area (Å²) >= 11 is 0. The van der Waals surface area contributed by atoms with Gasteiger partial charge in [-0.25, -0.2) is 9.69 Å². The summed E-state index contributed by atoms with van der Waals surface area (Å²) < 4.78 is 0. The van der Waals surface area contributed by atoms with E-state index in [-0.39, 0.29) is 28.9 Å². The van der Waals surface area contributed by atoms with Gasteiger partial charge in [0, 0.05) is 40.1 Å². The number of amides is 4. The average Bonchev–Trinajstić information content (AvgIpc) is 3.45. The van der Waals surface area contributed by atoms with Gasteiger partial charge < -0.3 is 15.6 Å². The van der Waals surface area contributed by atoms with Crippen LogP contribution in [0.3, 0.4) is 0 Å². The molecule has 1 aromatic heterocycles. The maximum absolute atomic E-state index is 14.4. The van der Waals surface area contributed by atoms with E-state index >= 15 is 0 Å². The van der Waals surface area contributed by atoms with E-state index in [1.54, 1.807) is 29.2 Å². The lowest BCUT2D eigenvalue weighted by Crippen LogP contribution is -2.62. The number of H-pyrrole nitrogens is 1. The fourth-order valence-electron chi connectivity index (χ4n) is 7.94. The molecule has 2 fully saturated rings. The number of hydrogen-bond donors (Lipinski definition) is 3. The molecule has 0 aliphatic carbocycles. The number of aromatic nitrogens is 1. The van der Waals surface area contributed by atoms with Gasteiger partial charge in [0.2, 0.25) is 0 Å². The van der Waals surface area contributed by atoms with Gasteiger partial charge in [0.05, 0.1) is 11.3 Å². The van der Waals surface area contributed by atoms with E-state index in [1.165, 1.54) is 4.90 Å². The number of aryl methyl sites for hydroxylation is 1. The summed E-state index contributed by atoms with van der Waals surface area (Å²) in [5, 5.41) is 7.94. The topological polar surface area (TPSA) is 97.5 Å². The second-order valence-corrected chi connectivity index (χ2v) is 13.9. The van der Waals surface area contributed by atoms with E-state index in [9.17, 15) is 14.4 Å². The summed E-state index contributed by atoms with van der Waals surface area (Å²) in [6.45, 7) is 10.6. The average molecular weight is 590 g/mol. The Morgan fingerprint density at radius 2 is 1.55 bits per heavy atom. The van der Waals surface area contributed by atoms with Gasteiger partial charge in [0.1, 0.15) is 12.1 Å². The summed E-state index contributed by atoms with van der Waals surface area (Å²) in [5.74, 6) is -0.594. The van der Waals surface area contributed by atoms with E-state index in [0.29, 0.717) is 17.7 Å². The van der Waals surface area contributed by atoms with Crippen LogP contribution in [0.2, 0.25) is 0 Å². The predicted molar refractivity (Wildman–Crippen MR) is 172 cm³/mol. The van der Waals surface area contributed by atoms with Gasteiger partial charge in [-0.05, 0) is 76.8 Å². The van der Waals surface area contributed by atoms with Gasteiger partial charge in [-0.3, -0.25) is 14.5 Å². The van der Waals surface area contributed by atoms with Crippen LogP contribution in [0.25, 0.3) is 10.9 Å². The third-order valence-corrected chi connectivity index (χ3v) is 9.36. The van der Waals surface area contributed by atoms with Gasteiger partial charge in [-0.15, -0.1) is 0 Å². The number of para-hydroxylation sites is 2. The van der Waals surface area contributed by atoms with Gasteiger partial charge in [0.25, 0.3) is 11.8 Å². The molecule has 0 radical (unpaired) electrons. The van der Waals surface area contributed by atoms with Crippen LogP contribution in [0.15, 0.2) is 72.8 Å². The van der Waals surface area contributed by atoms with Gasteiger partial charge in [0.15, 0.2) is 0 Å². The van der Waals surface area contributed by atoms with E-state index in [1.807, 2.05) is 49.4 Å². The van der Waals surface area contributed by atoms with Crippen molar-refractivity contribution in [3.05, 3.63) is 101 Å². The first kappa shape index (κ1) is 28.3. The molecule has 8 heteroatoms. The normalized spacial score (nSPS) is 22.7. The third kappa shape index (κ3) is 4.68. The zero-order valence-electron chi connectivity index (χ0n) is 25.9. The fourth-order valence-corrected chi connectivity index (χ4v) is 7.94. The molecule has 4 aromatic rings. The summed E-state index contributed by atoms with van der Waals surface area (Å²) in [5.41, 5.74) is 5.36. The van der Waals surface area contributed by atoms with E-state index in [0.717, 1.165) is 46.1 Å². The molecular weight excluding hydrogens is 550 g/mol. The standard InChI is InChI=1S/C36H39N5O3/c1-21-14-16-22(17-15-21)31-30-26(24-10-6-8-12-27(24)38-30)18-29-33(43)41(34(44)40(29)31)28-13-9-7-11-25(28)32(42)37-23-19-35(2,3)39-36(4,5)20-23/h6-17,23,29,31,38-39H,18-20H2,1-5H3,(H,37,42)/t29-,31?/m0/s1. The Morgan fingerprint density at radius 3 is 2.27 bits per heavy atom. The molecule has 4 amide bonds. The van der Waals surface area contributed by atoms with Crippen molar-refractivity contribution in [3.8, 4) is 0 Å². The minimum atomic E-state index is -0.692. The van der Waals surface area contributed by atoms with Gasteiger partial charge >= 0.3 is 6.03 Å². The second-order valence-electron chi connectivity index (χ2n) is 13.9. The third-order valence-electron chi connectivity index (χ3n) is 9.36. The van der Waals surface area contributed by atoms with Gasteiger partial charge in [-0.1, -0.05) is 60.2 Å². The molecule has 3 aliphatic rings. The summed E-state index contributed by atoms with van der Waals surface area (Å²) in [6.07, 6.45) is 1.94. The van der Waals surface area contributed by atoms with Crippen molar-refractivity contribution in [2.24, 2.45) is 0 Å². The van der Waals surface area contributed by atoms with Crippen LogP contribution in [0.4, 0.5) is 10.5 Å². The molecule has 44 heavy (non-hydrogen) atoms. The molecule has 2 saturated heterocycles. The molecule has 7 rings (SSSR count). The molecule has 0 spiro atoms. The number of nitrogens with one attached hydrogen (secondary N) is 3. The van der Waals surface area contributed by atoms with Crippen LogP contribution in [0, 0.1) is 6.92 Å². The Labute approximate surface area is 257 Å². The van der Waals surface area contributed by atoms with Crippen molar-refractivity contribution in [2.75, 3.05) is 4.90 Å². The molecule has 3 N–H and O–H groups in total. The number of aromatic amines is 1. The van der Waals surface area contributed by atoms with Crippen molar-refractivity contribution in [1.82, 2.24) is 20.5 Å². The minimum absolute atomic E-state index is 0.0534. The molecule has 4 heterocycles. The van der Waals surface area contributed by atoms with Crippen molar-refractivity contribution in [2.45, 2.75) is 83.1 Å². The highest BCUT2D eigenvalue weighted by Gasteiger charge is 2.53. The van der Waals surface area contributed by atoms with E-state index < -0.39 is 18.1 Å². The first-order valence-corrected chi connectivity index (χ1v) is 15.4. The number of hydrogen-bond acceptors (Lipinski definition) is 4. The molecule has 1 unspecified atom stereocenters. The van der Waals surface area contributed by atoms with Crippen molar-refractivity contribution in [3.63, 3.8) is 0 Å². The van der Waals surface area contributed by atoms with Crippen LogP contribution < -0.4 is 15.5 Å². The number of carbonyl (C=O) groups excluding carboxylic acids is 3. The fraction of sp³-hybridized carbons (Fsp3) is 0.361. The molecule has 3 aromatic carbocycles. The SMILES string of the molecule is Cc1ccc(C2c3[nH]c4ccccc4c3C[C@H]3C(=O)N(c4ccccc4C(=O)NC4CC(C)(C)NC(C)(C)C4)C(=O)N23)cc1. The van der Waals surface area contributed by atoms with Crippen LogP contribution in [-0.4, -0.2) is 50.9 Å². The van der Waals surface area contributed by atoms with Crippen molar-refractivity contribution >= 4 is 34.4 Å². The molecule has 0 saturated carbocycles. The monoisotopic (exact) mass is 589 g/mol. The number of piperidine rings is 1. The largest absolute Gasteiger partial charge is 0.356 e. The lowest BCUT2D eigenvalue weighted by molar-refractivity contribution is -0.120. The Kier molecular flexibility index (Phi) is 6.48. The van der Waals surface area contributed by atoms with Crippen molar-refractivity contribution < 1.29 is 14.4 Å². The molecule has 226 valence electrons. The number of imide groups is 1. The summed E-state index contributed by atoms with van der Waals surface area (Å²) in [4.78, 5) is 49.1. The number of urea groups is 1. The highest BCUT2D eigenvalue weighted by Crippen LogP contribution is 2.45. The number of rotatable bonds is 4. The summed E-state index contributed by atoms with van der Waals surface area (Å²) in [6, 6.07) is 21.5. The molecule has 3 aliphatic heterocycles. The lowest BCUT2D eigenvalue weighted by atomic mass is 9.79. The highest BCUT2D eigenvalue weighted by molar-refractivity contribution is 6.24. The minimum Gasteiger partial charge on any atom is -0.356 e. The molecular formula is C36H39N5O3. The number of carbonyl (C=O) groups is 3. The van der Waals surface area contributed by atoms with Gasteiger partial charge in [-0.2, -0.15) is 0 Å². The number of nitrogens with zero attached hydrogens (tertiary/aromatic N) is 2. The van der Waals surface area contributed by atoms with Crippen molar-refractivity contribution in [1.29, 1.82) is 0 Å². The van der Waals surface area contributed by atoms with Crippen LogP contribution in [0.5, 0.6) is 0 Å². The number of benzene rings is 3. The number of anilines is 1. The first-order chi connectivity index (χ1) is 20.9. The molecule has 8 nitrogen and oxygen atoms in total. The Balaban J connectivity index is 1.27. The zero-order valence-corrected chi connectivity index (χ0v) is 25.9. The second kappa shape index (κ2) is 10.1. The number of fused-ring (bicyclic) bond motifs is 4. The van der Waals surface area contributed by atoms with E-state index in [2.05, 4.69) is 49.4 Å². The first-order valence-electron chi connectivity index (χ1n) is 15.4. The smallest absolute Gasteiger partial charge is 0.332 e. The Hall–Kier alpha value is -4.43. The Morgan fingerprint density at radius 1 is 0.886 bits per heavy atom. The summed E-state index contributed by atoms with van der Waals surface area (Å²) in [7, 11) is 0. The van der Waals surface area contributed by atoms with Crippen LogP contribution >= 0.6 is 0 Å². The predicted octanol–water partition coefficient (Wildman–Crippen LogP) is 6.00. The molecule has 0 bridgehead atoms. The van der Waals surface area contributed by atoms with Crippen LogP contribution in [-0.2, 0) is 11.2 Å². The zero-order chi connectivity index (χ0) is 31.0. The van der Waals surface area contributed by atoms with E-state index in [4.69, 9.17) is 0 Å². The van der Waals surface area contributed by atoms with Crippen LogP contribution in [0.1, 0.15) is 79.3 Å². The molecule has 2 atom stereocenters. The highest BCUT2D eigenvalue weighted by atomic mass is 16.2. The maximum atomic E-state index is 14.4. The quantitative estimate of drug-likeness (QED) is 0.255. The Bertz CT molecular complexity index is 1790.